The lowest BCUT2D eigenvalue weighted by Gasteiger charge is -1.98. The van der Waals surface area contributed by atoms with Crippen molar-refractivity contribution in [2.75, 3.05) is 7.11 Å². The molecule has 0 N–H and O–H groups in total. The summed E-state index contributed by atoms with van der Waals surface area (Å²) in [5.74, 6) is 0.684. The maximum atomic E-state index is 11.3. The minimum atomic E-state index is -0.138. The number of rotatable bonds is 3. The van der Waals surface area contributed by atoms with Gasteiger partial charge in [0.1, 0.15) is 5.76 Å². The van der Waals surface area contributed by atoms with Crippen LogP contribution < -0.4 is 10.2 Å². The Kier molecular flexibility index (Phi) is 3.40. The molecule has 0 unspecified atom stereocenters. The topological polar surface area (TPSA) is 39.4 Å². The zero-order valence-corrected chi connectivity index (χ0v) is 9.42. The highest BCUT2D eigenvalue weighted by atomic mass is 16.6. The van der Waals surface area contributed by atoms with E-state index in [2.05, 4.69) is 0 Å². The van der Waals surface area contributed by atoms with Crippen molar-refractivity contribution < 1.29 is 9.15 Å². The van der Waals surface area contributed by atoms with Gasteiger partial charge >= 0.3 is 0 Å². The molecule has 0 atom stereocenters. The fourth-order valence-corrected chi connectivity index (χ4v) is 1.40. The Bertz CT molecular complexity index is 568. The maximum absolute atomic E-state index is 11.3. The Labute approximate surface area is 99.0 Å². The summed E-state index contributed by atoms with van der Waals surface area (Å²) in [7, 11) is 1.46. The van der Waals surface area contributed by atoms with E-state index in [1.54, 1.807) is 6.08 Å². The third-order valence-corrected chi connectivity index (χ3v) is 2.20. The first-order chi connectivity index (χ1) is 8.28. The quantitative estimate of drug-likeness (QED) is 0.810. The van der Waals surface area contributed by atoms with Crippen LogP contribution in [0.25, 0.3) is 12.2 Å². The standard InChI is InChI=1S/C14H12O3/c1-16-14-10-12(15)9-13(17-14)8-7-11-5-3-2-4-6-11/h2-10H,1H3/b8-7+. The molecule has 0 saturated carbocycles. The fraction of sp³-hybridized carbons (Fsp3) is 0.0714. The first-order valence-corrected chi connectivity index (χ1v) is 5.20. The van der Waals surface area contributed by atoms with Gasteiger partial charge in [-0.3, -0.25) is 4.79 Å². The molecule has 2 aromatic rings. The molecule has 1 aromatic carbocycles. The smallest absolute Gasteiger partial charge is 0.288 e. The summed E-state index contributed by atoms with van der Waals surface area (Å²) in [5, 5.41) is 0. The van der Waals surface area contributed by atoms with E-state index < -0.39 is 0 Å². The minimum absolute atomic E-state index is 0.138. The van der Waals surface area contributed by atoms with Crippen LogP contribution in [0.3, 0.4) is 0 Å². The first kappa shape index (κ1) is 11.2. The average Bonchev–Trinajstić information content (AvgIpc) is 2.37. The van der Waals surface area contributed by atoms with Crippen molar-refractivity contribution >= 4 is 12.2 Å². The predicted molar refractivity (Wildman–Crippen MR) is 66.9 cm³/mol. The van der Waals surface area contributed by atoms with Crippen molar-refractivity contribution in [3.8, 4) is 5.95 Å². The number of benzene rings is 1. The lowest BCUT2D eigenvalue weighted by atomic mass is 10.2. The van der Waals surface area contributed by atoms with Gasteiger partial charge in [0.2, 0.25) is 0 Å². The Morgan fingerprint density at radius 1 is 1.12 bits per heavy atom. The molecule has 1 heterocycles. The van der Waals surface area contributed by atoms with Gasteiger partial charge < -0.3 is 9.15 Å². The van der Waals surface area contributed by atoms with E-state index in [0.717, 1.165) is 5.56 Å². The van der Waals surface area contributed by atoms with Gasteiger partial charge in [-0.05, 0) is 11.6 Å². The molecule has 1 aromatic heterocycles. The number of ether oxygens (including phenoxy) is 1. The van der Waals surface area contributed by atoms with Gasteiger partial charge in [0.05, 0.1) is 13.2 Å². The van der Waals surface area contributed by atoms with Crippen molar-refractivity contribution in [2.24, 2.45) is 0 Å². The monoisotopic (exact) mass is 228 g/mol. The minimum Gasteiger partial charge on any atom is -0.468 e. The van der Waals surface area contributed by atoms with Crippen molar-refractivity contribution in [1.82, 2.24) is 0 Å². The van der Waals surface area contributed by atoms with Crippen LogP contribution in [0.15, 0.2) is 51.7 Å². The second-order valence-corrected chi connectivity index (χ2v) is 3.46. The second-order valence-electron chi connectivity index (χ2n) is 3.46. The highest BCUT2D eigenvalue weighted by molar-refractivity contribution is 5.67. The maximum Gasteiger partial charge on any atom is 0.288 e. The van der Waals surface area contributed by atoms with Crippen molar-refractivity contribution in [1.29, 1.82) is 0 Å². The molecule has 0 bridgehead atoms. The highest BCUT2D eigenvalue weighted by Crippen LogP contribution is 2.12. The summed E-state index contributed by atoms with van der Waals surface area (Å²) >= 11 is 0. The van der Waals surface area contributed by atoms with Crippen LogP contribution in [0.2, 0.25) is 0 Å². The molecule has 2 rings (SSSR count). The van der Waals surface area contributed by atoms with Gasteiger partial charge in [-0.25, -0.2) is 0 Å². The Morgan fingerprint density at radius 2 is 1.88 bits per heavy atom. The molecule has 0 radical (unpaired) electrons. The first-order valence-electron chi connectivity index (χ1n) is 5.20. The molecule has 3 heteroatoms. The van der Waals surface area contributed by atoms with Crippen molar-refractivity contribution in [3.63, 3.8) is 0 Å². The SMILES string of the molecule is COc1cc(=O)cc(/C=C/c2ccccc2)o1. The van der Waals surface area contributed by atoms with Crippen LogP contribution >= 0.6 is 0 Å². The molecule has 86 valence electrons. The van der Waals surface area contributed by atoms with Gasteiger partial charge in [-0.15, -0.1) is 0 Å². The Morgan fingerprint density at radius 3 is 2.59 bits per heavy atom. The molecule has 3 nitrogen and oxygen atoms in total. The lowest BCUT2D eigenvalue weighted by Crippen LogP contribution is -1.98. The third kappa shape index (κ3) is 3.08. The van der Waals surface area contributed by atoms with Crippen LogP contribution in [-0.4, -0.2) is 7.11 Å². The second kappa shape index (κ2) is 5.16. The summed E-state index contributed by atoms with van der Waals surface area (Å²) in [6, 6.07) is 12.5. The zero-order chi connectivity index (χ0) is 12.1. The van der Waals surface area contributed by atoms with Crippen LogP contribution in [-0.2, 0) is 0 Å². The van der Waals surface area contributed by atoms with Crippen LogP contribution in [0.4, 0.5) is 0 Å². The van der Waals surface area contributed by atoms with E-state index in [9.17, 15) is 4.79 Å². The van der Waals surface area contributed by atoms with Crippen LogP contribution in [0.1, 0.15) is 11.3 Å². The van der Waals surface area contributed by atoms with E-state index in [1.807, 2.05) is 36.4 Å². The molecule has 0 aliphatic rings. The summed E-state index contributed by atoms with van der Waals surface area (Å²) in [6.45, 7) is 0. The number of methoxy groups -OCH3 is 1. The van der Waals surface area contributed by atoms with E-state index in [4.69, 9.17) is 9.15 Å². The van der Waals surface area contributed by atoms with Crippen molar-refractivity contribution in [3.05, 3.63) is 64.0 Å². The predicted octanol–water partition coefficient (Wildman–Crippen LogP) is 2.82. The van der Waals surface area contributed by atoms with Crippen molar-refractivity contribution in [2.45, 2.75) is 0 Å². The molecule has 17 heavy (non-hydrogen) atoms. The van der Waals surface area contributed by atoms with E-state index >= 15 is 0 Å². The van der Waals surface area contributed by atoms with Crippen LogP contribution in [0, 0.1) is 0 Å². The zero-order valence-electron chi connectivity index (χ0n) is 9.42. The third-order valence-electron chi connectivity index (χ3n) is 2.20. The van der Waals surface area contributed by atoms with E-state index in [-0.39, 0.29) is 11.4 Å². The number of hydrogen-bond donors (Lipinski definition) is 0. The van der Waals surface area contributed by atoms with Gasteiger partial charge in [0, 0.05) is 6.07 Å². The Balaban J connectivity index is 2.27. The number of hydrogen-bond acceptors (Lipinski definition) is 3. The van der Waals surface area contributed by atoms with Gasteiger partial charge in [0.25, 0.3) is 5.95 Å². The lowest BCUT2D eigenvalue weighted by molar-refractivity contribution is 0.294. The molecule has 0 aliphatic carbocycles. The molecular weight excluding hydrogens is 216 g/mol. The van der Waals surface area contributed by atoms with Gasteiger partial charge in [-0.2, -0.15) is 0 Å². The average molecular weight is 228 g/mol. The molecule has 0 amide bonds. The van der Waals surface area contributed by atoms with Gasteiger partial charge in [0.15, 0.2) is 5.43 Å². The Hall–Kier alpha value is -2.29. The highest BCUT2D eigenvalue weighted by Gasteiger charge is 1.98. The molecule has 0 fully saturated rings. The van der Waals surface area contributed by atoms with Crippen LogP contribution in [0.5, 0.6) is 5.95 Å². The largest absolute Gasteiger partial charge is 0.468 e. The molecular formula is C14H12O3. The molecule has 0 saturated heterocycles. The van der Waals surface area contributed by atoms with E-state index in [0.29, 0.717) is 5.76 Å². The van der Waals surface area contributed by atoms with Gasteiger partial charge in [-0.1, -0.05) is 36.4 Å². The summed E-state index contributed by atoms with van der Waals surface area (Å²) in [4.78, 5) is 11.3. The summed E-state index contributed by atoms with van der Waals surface area (Å²) in [5.41, 5.74) is 0.902. The normalized spacial score (nSPS) is 10.6. The molecule has 0 aliphatic heterocycles. The summed E-state index contributed by atoms with van der Waals surface area (Å²) < 4.78 is 10.2. The molecule has 0 spiro atoms. The summed E-state index contributed by atoms with van der Waals surface area (Å²) in [6.07, 6.45) is 3.61. The fourth-order valence-electron chi connectivity index (χ4n) is 1.40. The van der Waals surface area contributed by atoms with E-state index in [1.165, 1.54) is 19.2 Å².